The molecule has 2 N–H and O–H groups in total. The van der Waals surface area contributed by atoms with Crippen LogP contribution in [0.1, 0.15) is 0 Å². The van der Waals surface area contributed by atoms with Crippen LogP contribution < -0.4 is 5.73 Å². The Hall–Kier alpha value is -1.18. The van der Waals surface area contributed by atoms with Crippen molar-refractivity contribution in [3.8, 4) is 11.3 Å². The number of aromatic nitrogens is 1. The van der Waals surface area contributed by atoms with Gasteiger partial charge < -0.3 is 5.73 Å². The van der Waals surface area contributed by atoms with Crippen LogP contribution in [0.5, 0.6) is 0 Å². The number of hydrogen-bond donors (Lipinski definition) is 1. The number of nitro benzene ring substituents is 1. The summed E-state index contributed by atoms with van der Waals surface area (Å²) in [6, 6.07) is 4.21. The summed E-state index contributed by atoms with van der Waals surface area (Å²) in [7, 11) is 0. The summed E-state index contributed by atoms with van der Waals surface area (Å²) in [6.07, 6.45) is 0. The largest absolute Gasteiger partial charge is 0.375 e. The topological polar surface area (TPSA) is 82.0 Å². The highest BCUT2D eigenvalue weighted by atomic mass is 79.9. The number of benzene rings is 1. The van der Waals surface area contributed by atoms with Crippen LogP contribution in [-0.4, -0.2) is 9.91 Å². The molecule has 0 spiro atoms. The van der Waals surface area contributed by atoms with E-state index in [0.29, 0.717) is 21.4 Å². The van der Waals surface area contributed by atoms with E-state index in [1.807, 2.05) is 0 Å². The third kappa shape index (κ3) is 2.93. The van der Waals surface area contributed by atoms with Crippen molar-refractivity contribution >= 4 is 50.7 Å². The number of nitro groups is 1. The van der Waals surface area contributed by atoms with Gasteiger partial charge in [-0.05, 0) is 6.07 Å². The molecular weight excluding hydrogens is 330 g/mol. The quantitative estimate of drug-likeness (QED) is 0.672. The lowest BCUT2D eigenvalue weighted by atomic mass is 10.1. The summed E-state index contributed by atoms with van der Waals surface area (Å²) in [4.78, 5) is 14.2. The fourth-order valence-electron chi connectivity index (χ4n) is 1.23. The SMILES string of the molecule is Br.Nc1nc(-c2cc([N+](=O)[O-])ccc2Cl)cs1. The molecule has 2 aromatic rings. The van der Waals surface area contributed by atoms with Crippen molar-refractivity contribution in [2.75, 3.05) is 5.73 Å². The molecule has 1 heterocycles. The van der Waals surface area contributed by atoms with Gasteiger partial charge in [-0.3, -0.25) is 10.1 Å². The van der Waals surface area contributed by atoms with Gasteiger partial charge in [0.05, 0.1) is 15.6 Å². The summed E-state index contributed by atoms with van der Waals surface area (Å²) in [5.74, 6) is 0. The molecule has 0 aliphatic rings. The first-order chi connectivity index (χ1) is 7.58. The lowest BCUT2D eigenvalue weighted by Gasteiger charge is -2.00. The number of nitrogens with zero attached hydrogens (tertiary/aromatic N) is 2. The van der Waals surface area contributed by atoms with Gasteiger partial charge in [0.15, 0.2) is 5.13 Å². The van der Waals surface area contributed by atoms with Crippen molar-refractivity contribution in [2.45, 2.75) is 0 Å². The van der Waals surface area contributed by atoms with Gasteiger partial charge in [-0.2, -0.15) is 0 Å². The van der Waals surface area contributed by atoms with Crippen LogP contribution in [0, 0.1) is 10.1 Å². The highest BCUT2D eigenvalue weighted by Gasteiger charge is 2.13. The van der Waals surface area contributed by atoms with E-state index in [2.05, 4.69) is 4.98 Å². The lowest BCUT2D eigenvalue weighted by molar-refractivity contribution is -0.384. The third-order valence-corrected chi connectivity index (χ3v) is 2.96. The molecule has 0 bridgehead atoms. The molecule has 1 aromatic carbocycles. The monoisotopic (exact) mass is 335 g/mol. The Morgan fingerprint density at radius 2 is 2.18 bits per heavy atom. The van der Waals surface area contributed by atoms with Crippen LogP contribution >= 0.6 is 39.9 Å². The van der Waals surface area contributed by atoms with Crippen molar-refractivity contribution in [3.05, 3.63) is 38.7 Å². The Balaban J connectivity index is 0.00000144. The van der Waals surface area contributed by atoms with Crippen molar-refractivity contribution in [1.82, 2.24) is 4.98 Å². The first-order valence-electron chi connectivity index (χ1n) is 4.23. The average Bonchev–Trinajstić information content (AvgIpc) is 2.65. The van der Waals surface area contributed by atoms with Gasteiger partial charge in [0.2, 0.25) is 0 Å². The summed E-state index contributed by atoms with van der Waals surface area (Å²) < 4.78 is 0. The van der Waals surface area contributed by atoms with Crippen LogP contribution in [0.2, 0.25) is 5.02 Å². The molecule has 1 aromatic heterocycles. The second-order valence-electron chi connectivity index (χ2n) is 2.99. The predicted molar refractivity (Wildman–Crippen MR) is 73.9 cm³/mol. The van der Waals surface area contributed by atoms with Crippen molar-refractivity contribution < 1.29 is 4.92 Å². The Labute approximate surface area is 116 Å². The van der Waals surface area contributed by atoms with Gasteiger partial charge in [0, 0.05) is 23.1 Å². The number of halogens is 2. The Bertz CT molecular complexity index is 561. The van der Waals surface area contributed by atoms with E-state index in [1.54, 1.807) is 5.38 Å². The lowest BCUT2D eigenvalue weighted by Crippen LogP contribution is -1.89. The molecule has 0 amide bonds. The number of nitrogens with two attached hydrogens (primary N) is 1. The van der Waals surface area contributed by atoms with Gasteiger partial charge in [-0.15, -0.1) is 28.3 Å². The maximum absolute atomic E-state index is 10.6. The highest BCUT2D eigenvalue weighted by molar-refractivity contribution is 8.93. The van der Waals surface area contributed by atoms with Crippen LogP contribution in [0.4, 0.5) is 10.8 Å². The molecule has 0 saturated heterocycles. The predicted octanol–water partition coefficient (Wildman–Crippen LogP) is 3.53. The maximum atomic E-state index is 10.6. The maximum Gasteiger partial charge on any atom is 0.270 e. The second kappa shape index (κ2) is 5.44. The molecule has 0 aliphatic heterocycles. The standard InChI is InChI=1S/C9H6ClN3O2S.BrH/c10-7-2-1-5(13(14)15)3-6(7)8-4-16-9(11)12-8;/h1-4H,(H2,11,12);1H. The molecule has 0 atom stereocenters. The fourth-order valence-corrected chi connectivity index (χ4v) is 2.01. The van der Waals surface area contributed by atoms with E-state index in [9.17, 15) is 10.1 Å². The number of rotatable bonds is 2. The zero-order chi connectivity index (χ0) is 11.7. The van der Waals surface area contributed by atoms with Gasteiger partial charge in [-0.25, -0.2) is 4.98 Å². The minimum atomic E-state index is -0.477. The number of non-ortho nitro benzene ring substituents is 1. The molecule has 5 nitrogen and oxygen atoms in total. The van der Waals surface area contributed by atoms with Crippen molar-refractivity contribution in [3.63, 3.8) is 0 Å². The highest BCUT2D eigenvalue weighted by Crippen LogP contribution is 2.32. The number of hydrogen-bond acceptors (Lipinski definition) is 5. The Kier molecular flexibility index (Phi) is 4.44. The van der Waals surface area contributed by atoms with Gasteiger partial charge in [-0.1, -0.05) is 11.6 Å². The molecule has 0 fully saturated rings. The number of nitrogen functional groups attached to an aromatic ring is 1. The van der Waals surface area contributed by atoms with Gasteiger partial charge >= 0.3 is 0 Å². The average molecular weight is 337 g/mol. The summed E-state index contributed by atoms with van der Waals surface area (Å²) in [5.41, 5.74) is 6.54. The van der Waals surface area contributed by atoms with Gasteiger partial charge in [0.25, 0.3) is 5.69 Å². The molecule has 0 saturated carbocycles. The van der Waals surface area contributed by atoms with Crippen LogP contribution in [-0.2, 0) is 0 Å². The second-order valence-corrected chi connectivity index (χ2v) is 4.29. The van der Waals surface area contributed by atoms with Gasteiger partial charge in [0.1, 0.15) is 0 Å². The van der Waals surface area contributed by atoms with E-state index in [0.717, 1.165) is 0 Å². The smallest absolute Gasteiger partial charge is 0.270 e. The van der Waals surface area contributed by atoms with Crippen LogP contribution in [0.25, 0.3) is 11.3 Å². The summed E-state index contributed by atoms with van der Waals surface area (Å²) in [6.45, 7) is 0. The summed E-state index contributed by atoms with van der Waals surface area (Å²) >= 11 is 7.21. The van der Waals surface area contributed by atoms with E-state index < -0.39 is 4.92 Å². The third-order valence-electron chi connectivity index (χ3n) is 1.96. The molecule has 8 heteroatoms. The Morgan fingerprint density at radius 1 is 1.47 bits per heavy atom. The van der Waals surface area contributed by atoms with E-state index in [4.69, 9.17) is 17.3 Å². The fraction of sp³-hybridized carbons (Fsp3) is 0. The minimum Gasteiger partial charge on any atom is -0.375 e. The summed E-state index contributed by atoms with van der Waals surface area (Å²) in [5, 5.41) is 13.1. The molecule has 0 radical (unpaired) electrons. The van der Waals surface area contributed by atoms with Crippen molar-refractivity contribution in [1.29, 1.82) is 0 Å². The van der Waals surface area contributed by atoms with E-state index in [1.165, 1.54) is 29.5 Å². The normalized spacial score (nSPS) is 9.71. The zero-order valence-corrected chi connectivity index (χ0v) is 11.6. The zero-order valence-electron chi connectivity index (χ0n) is 8.29. The molecule has 2 rings (SSSR count). The number of thiazole rings is 1. The molecule has 0 unspecified atom stereocenters. The van der Waals surface area contributed by atoms with Crippen molar-refractivity contribution in [2.24, 2.45) is 0 Å². The first-order valence-corrected chi connectivity index (χ1v) is 5.49. The van der Waals surface area contributed by atoms with E-state index >= 15 is 0 Å². The molecule has 0 aliphatic carbocycles. The van der Waals surface area contributed by atoms with Crippen LogP contribution in [0.15, 0.2) is 23.6 Å². The Morgan fingerprint density at radius 3 is 2.71 bits per heavy atom. The molecule has 17 heavy (non-hydrogen) atoms. The van der Waals surface area contributed by atoms with E-state index in [-0.39, 0.29) is 22.7 Å². The molecule has 90 valence electrons. The minimum absolute atomic E-state index is 0. The first kappa shape index (κ1) is 13.9. The molecular formula is C9H7BrClN3O2S. The number of anilines is 1. The van der Waals surface area contributed by atoms with Crippen LogP contribution in [0.3, 0.4) is 0 Å².